The highest BCUT2D eigenvalue weighted by atomic mass is 32.2. The van der Waals surface area contributed by atoms with Gasteiger partial charge in [0.2, 0.25) is 0 Å². The zero-order valence-electron chi connectivity index (χ0n) is 13.6. The van der Waals surface area contributed by atoms with Crippen LogP contribution in [0.3, 0.4) is 0 Å². The number of azide groups is 1. The van der Waals surface area contributed by atoms with E-state index in [1.165, 1.54) is 5.56 Å². The molecule has 0 heterocycles. The van der Waals surface area contributed by atoms with Crippen molar-refractivity contribution >= 4 is 28.4 Å². The molecule has 3 aromatic carbocycles. The summed E-state index contributed by atoms with van der Waals surface area (Å²) in [4.78, 5) is 4.04. The van der Waals surface area contributed by atoms with E-state index in [9.17, 15) is 0 Å². The molecule has 122 valence electrons. The zero-order valence-corrected chi connectivity index (χ0v) is 14.4. The van der Waals surface area contributed by atoms with Crippen LogP contribution in [0.25, 0.3) is 21.4 Å². The van der Waals surface area contributed by atoms with Gasteiger partial charge in [0.05, 0.1) is 0 Å². The van der Waals surface area contributed by atoms with Crippen LogP contribution in [-0.4, -0.2) is 0 Å². The standard InChI is InChI=1S/C21H17N3S/c22-24-23-20-14-8-7-13-19(20)21(15-17-9-3-1-4-10-17)25-16-18-11-5-2-6-12-18/h1-15H,16H2/b21-15+. The van der Waals surface area contributed by atoms with Crippen molar-refractivity contribution in [2.24, 2.45) is 5.11 Å². The number of nitrogens with zero attached hydrogens (tertiary/aromatic N) is 3. The van der Waals surface area contributed by atoms with Crippen LogP contribution in [0.2, 0.25) is 0 Å². The highest BCUT2D eigenvalue weighted by Gasteiger charge is 2.08. The average Bonchev–Trinajstić information content (AvgIpc) is 2.68. The molecule has 0 amide bonds. The monoisotopic (exact) mass is 343 g/mol. The molecular formula is C21H17N3S. The van der Waals surface area contributed by atoms with Gasteiger partial charge < -0.3 is 0 Å². The molecule has 0 aromatic heterocycles. The Kier molecular flexibility index (Phi) is 5.94. The Morgan fingerprint density at radius 2 is 1.52 bits per heavy atom. The van der Waals surface area contributed by atoms with Gasteiger partial charge in [0.25, 0.3) is 0 Å². The molecule has 25 heavy (non-hydrogen) atoms. The minimum atomic E-state index is 0.646. The molecule has 0 atom stereocenters. The van der Waals surface area contributed by atoms with Crippen LogP contribution >= 0.6 is 11.8 Å². The molecule has 0 aliphatic carbocycles. The Bertz CT molecular complexity index is 899. The van der Waals surface area contributed by atoms with Crippen LogP contribution < -0.4 is 0 Å². The molecule has 0 aliphatic heterocycles. The molecule has 3 rings (SSSR count). The normalized spacial score (nSPS) is 11.0. The fourth-order valence-corrected chi connectivity index (χ4v) is 3.51. The first-order chi connectivity index (χ1) is 12.4. The maximum atomic E-state index is 8.86. The Hall–Kier alpha value is -2.94. The SMILES string of the molecule is [N-]=[N+]=Nc1ccccc1/C(=C\c1ccccc1)SCc1ccccc1. The zero-order chi connectivity index (χ0) is 17.3. The maximum absolute atomic E-state index is 8.86. The molecule has 0 fully saturated rings. The third-order valence-electron chi connectivity index (χ3n) is 3.66. The van der Waals surface area contributed by atoms with E-state index in [0.717, 1.165) is 21.8 Å². The largest absolute Gasteiger partial charge is 0.121 e. The van der Waals surface area contributed by atoms with Crippen LogP contribution in [0.4, 0.5) is 5.69 Å². The van der Waals surface area contributed by atoms with Crippen molar-refractivity contribution in [1.82, 2.24) is 0 Å². The first-order valence-electron chi connectivity index (χ1n) is 7.95. The molecule has 0 saturated carbocycles. The van der Waals surface area contributed by atoms with Crippen molar-refractivity contribution in [3.05, 3.63) is 112 Å². The van der Waals surface area contributed by atoms with Gasteiger partial charge in [-0.2, -0.15) is 0 Å². The Morgan fingerprint density at radius 3 is 2.24 bits per heavy atom. The summed E-state index contributed by atoms with van der Waals surface area (Å²) in [5.41, 5.74) is 12.8. The first kappa shape index (κ1) is 16.9. The molecule has 0 radical (unpaired) electrons. The summed E-state index contributed by atoms with van der Waals surface area (Å²) in [6, 6.07) is 28.2. The van der Waals surface area contributed by atoms with Gasteiger partial charge in [-0.25, -0.2) is 0 Å². The summed E-state index contributed by atoms with van der Waals surface area (Å²) >= 11 is 1.74. The van der Waals surface area contributed by atoms with E-state index in [1.54, 1.807) is 11.8 Å². The minimum absolute atomic E-state index is 0.646. The van der Waals surface area contributed by atoms with Crippen LogP contribution in [0.15, 0.2) is 90.0 Å². The summed E-state index contributed by atoms with van der Waals surface area (Å²) in [7, 11) is 0. The van der Waals surface area contributed by atoms with Gasteiger partial charge >= 0.3 is 0 Å². The number of hydrogen-bond acceptors (Lipinski definition) is 2. The molecular weight excluding hydrogens is 326 g/mol. The molecule has 0 unspecified atom stereocenters. The van der Waals surface area contributed by atoms with Crippen molar-refractivity contribution in [3.8, 4) is 0 Å². The van der Waals surface area contributed by atoms with E-state index >= 15 is 0 Å². The van der Waals surface area contributed by atoms with E-state index < -0.39 is 0 Å². The van der Waals surface area contributed by atoms with Gasteiger partial charge in [0.15, 0.2) is 0 Å². The molecule has 0 bridgehead atoms. The molecule has 0 N–H and O–H groups in total. The lowest BCUT2D eigenvalue weighted by molar-refractivity contribution is 1.42. The fourth-order valence-electron chi connectivity index (χ4n) is 2.45. The van der Waals surface area contributed by atoms with Gasteiger partial charge in [-0.15, -0.1) is 11.8 Å². The van der Waals surface area contributed by atoms with Crippen molar-refractivity contribution in [2.45, 2.75) is 5.75 Å². The van der Waals surface area contributed by atoms with E-state index in [1.807, 2.05) is 60.7 Å². The van der Waals surface area contributed by atoms with Crippen LogP contribution in [0.5, 0.6) is 0 Å². The lowest BCUT2D eigenvalue weighted by Crippen LogP contribution is -1.85. The smallest absolute Gasteiger partial charge is 0.0458 e. The Balaban J connectivity index is 1.97. The van der Waals surface area contributed by atoms with Crippen LogP contribution in [0, 0.1) is 0 Å². The quantitative estimate of drug-likeness (QED) is 0.204. The Morgan fingerprint density at radius 1 is 0.880 bits per heavy atom. The van der Waals surface area contributed by atoms with Gasteiger partial charge in [-0.3, -0.25) is 0 Å². The summed E-state index contributed by atoms with van der Waals surface area (Å²) < 4.78 is 0. The lowest BCUT2D eigenvalue weighted by atomic mass is 10.1. The second-order valence-electron chi connectivity index (χ2n) is 5.40. The lowest BCUT2D eigenvalue weighted by Gasteiger charge is -2.11. The molecule has 0 aliphatic rings. The second-order valence-corrected chi connectivity index (χ2v) is 6.42. The summed E-state index contributed by atoms with van der Waals surface area (Å²) in [5.74, 6) is 0.851. The summed E-state index contributed by atoms with van der Waals surface area (Å²) in [6.45, 7) is 0. The predicted molar refractivity (Wildman–Crippen MR) is 107 cm³/mol. The van der Waals surface area contributed by atoms with E-state index in [4.69, 9.17) is 5.53 Å². The number of hydrogen-bond donors (Lipinski definition) is 0. The fraction of sp³-hybridized carbons (Fsp3) is 0.0476. The summed E-state index contributed by atoms with van der Waals surface area (Å²) in [5, 5.41) is 3.85. The third-order valence-corrected chi connectivity index (χ3v) is 4.78. The van der Waals surface area contributed by atoms with Crippen molar-refractivity contribution in [2.75, 3.05) is 0 Å². The Labute approximate surface area is 151 Å². The number of benzene rings is 3. The van der Waals surface area contributed by atoms with E-state index in [2.05, 4.69) is 40.4 Å². The van der Waals surface area contributed by atoms with E-state index in [0.29, 0.717) is 5.69 Å². The first-order valence-corrected chi connectivity index (χ1v) is 8.93. The predicted octanol–water partition coefficient (Wildman–Crippen LogP) is 7.06. The van der Waals surface area contributed by atoms with Gasteiger partial charge in [-0.05, 0) is 28.3 Å². The number of rotatable bonds is 6. The molecule has 3 aromatic rings. The summed E-state index contributed by atoms with van der Waals surface area (Å²) in [6.07, 6.45) is 2.14. The van der Waals surface area contributed by atoms with Gasteiger partial charge in [0, 0.05) is 21.3 Å². The van der Waals surface area contributed by atoms with Gasteiger partial charge in [0.1, 0.15) is 0 Å². The molecule has 0 spiro atoms. The minimum Gasteiger partial charge on any atom is -0.121 e. The second kappa shape index (κ2) is 8.78. The van der Waals surface area contributed by atoms with Crippen LogP contribution in [-0.2, 0) is 5.75 Å². The van der Waals surface area contributed by atoms with Gasteiger partial charge in [-0.1, -0.05) is 90.0 Å². The maximum Gasteiger partial charge on any atom is 0.0458 e. The van der Waals surface area contributed by atoms with E-state index in [-0.39, 0.29) is 0 Å². The number of thioether (sulfide) groups is 1. The molecule has 4 heteroatoms. The van der Waals surface area contributed by atoms with Crippen molar-refractivity contribution in [1.29, 1.82) is 0 Å². The highest BCUT2D eigenvalue weighted by molar-refractivity contribution is 8.07. The topological polar surface area (TPSA) is 48.8 Å². The third kappa shape index (κ3) is 4.77. The van der Waals surface area contributed by atoms with Crippen LogP contribution in [0.1, 0.15) is 16.7 Å². The highest BCUT2D eigenvalue weighted by Crippen LogP contribution is 2.37. The van der Waals surface area contributed by atoms with Crippen molar-refractivity contribution in [3.63, 3.8) is 0 Å². The van der Waals surface area contributed by atoms with Crippen molar-refractivity contribution < 1.29 is 0 Å². The molecule has 0 saturated heterocycles. The average molecular weight is 343 g/mol. The molecule has 3 nitrogen and oxygen atoms in total.